The zero-order chi connectivity index (χ0) is 14.1. The fourth-order valence-corrected chi connectivity index (χ4v) is 2.98. The zero-order valence-corrected chi connectivity index (χ0v) is 12.5. The van der Waals surface area contributed by atoms with Gasteiger partial charge in [-0.25, -0.2) is 4.98 Å². The van der Waals surface area contributed by atoms with Crippen LogP contribution in [0.1, 0.15) is 23.6 Å². The van der Waals surface area contributed by atoms with Crippen LogP contribution in [0.15, 0.2) is 36.5 Å². The Morgan fingerprint density at radius 1 is 1.30 bits per heavy atom. The zero-order valence-electron chi connectivity index (χ0n) is 11.7. The molecule has 0 bridgehead atoms. The molecule has 3 rings (SSSR count). The quantitative estimate of drug-likeness (QED) is 0.928. The fraction of sp³-hybridized carbons (Fsp3) is 0.312. The minimum atomic E-state index is 0.338. The molecule has 0 fully saturated rings. The third-order valence-corrected chi connectivity index (χ3v) is 3.96. The van der Waals surface area contributed by atoms with E-state index in [1.54, 1.807) is 0 Å². The van der Waals surface area contributed by atoms with Crippen LogP contribution in [0.4, 0.5) is 11.5 Å². The van der Waals surface area contributed by atoms with Crippen molar-refractivity contribution < 1.29 is 0 Å². The van der Waals surface area contributed by atoms with Gasteiger partial charge in [-0.3, -0.25) is 0 Å². The number of anilines is 2. The highest BCUT2D eigenvalue weighted by Gasteiger charge is 2.23. The lowest BCUT2D eigenvalue weighted by Gasteiger charge is -2.21. The number of nitrogens with zero attached hydrogens (tertiary/aromatic N) is 2. The molecule has 0 saturated carbocycles. The van der Waals surface area contributed by atoms with E-state index in [-0.39, 0.29) is 0 Å². The third kappa shape index (κ3) is 2.46. The molecule has 1 unspecified atom stereocenters. The Hall–Kier alpha value is -1.74. The number of halogens is 1. The summed E-state index contributed by atoms with van der Waals surface area (Å²) in [7, 11) is 4.02. The minimum absolute atomic E-state index is 0.338. The van der Waals surface area contributed by atoms with Crippen molar-refractivity contribution in [1.29, 1.82) is 0 Å². The van der Waals surface area contributed by atoms with Crippen LogP contribution >= 0.6 is 11.6 Å². The topological polar surface area (TPSA) is 28.2 Å². The van der Waals surface area contributed by atoms with Gasteiger partial charge in [0.1, 0.15) is 0 Å². The Kier molecular flexibility index (Phi) is 3.53. The van der Waals surface area contributed by atoms with Crippen molar-refractivity contribution in [2.75, 3.05) is 24.3 Å². The van der Waals surface area contributed by atoms with Gasteiger partial charge < -0.3 is 10.2 Å². The van der Waals surface area contributed by atoms with Crippen LogP contribution < -0.4 is 10.2 Å². The normalized spacial score (nSPS) is 16.9. The molecule has 20 heavy (non-hydrogen) atoms. The molecule has 1 aromatic carbocycles. The maximum atomic E-state index is 6.06. The van der Waals surface area contributed by atoms with Gasteiger partial charge in [0.15, 0.2) is 5.82 Å². The second kappa shape index (κ2) is 5.33. The number of hydrogen-bond donors (Lipinski definition) is 1. The first-order valence-corrected chi connectivity index (χ1v) is 7.20. The van der Waals surface area contributed by atoms with Gasteiger partial charge in [-0.05, 0) is 48.2 Å². The van der Waals surface area contributed by atoms with Crippen molar-refractivity contribution in [2.24, 2.45) is 0 Å². The molecule has 104 valence electrons. The number of pyridine rings is 1. The average Bonchev–Trinajstić information content (AvgIpc) is 2.81. The molecule has 1 aliphatic carbocycles. The van der Waals surface area contributed by atoms with E-state index in [4.69, 9.17) is 11.6 Å². The molecule has 3 nitrogen and oxygen atoms in total. The molecule has 1 N–H and O–H groups in total. The highest BCUT2D eigenvalue weighted by atomic mass is 35.5. The summed E-state index contributed by atoms with van der Waals surface area (Å²) in [5.41, 5.74) is 3.78. The first-order valence-electron chi connectivity index (χ1n) is 6.82. The number of hydrogen-bond acceptors (Lipinski definition) is 3. The van der Waals surface area contributed by atoms with Gasteiger partial charge in [0.2, 0.25) is 0 Å². The van der Waals surface area contributed by atoms with Crippen LogP contribution in [0.25, 0.3) is 0 Å². The van der Waals surface area contributed by atoms with Gasteiger partial charge in [0.25, 0.3) is 0 Å². The predicted molar refractivity (Wildman–Crippen MR) is 84.7 cm³/mol. The number of benzene rings is 1. The largest absolute Gasteiger partial charge is 0.375 e. The van der Waals surface area contributed by atoms with E-state index in [0.717, 1.165) is 29.4 Å². The smallest absolute Gasteiger partial charge is 0.151 e. The number of nitrogens with one attached hydrogen (secondary N) is 1. The summed E-state index contributed by atoms with van der Waals surface area (Å²) in [6.45, 7) is 0. The van der Waals surface area contributed by atoms with Crippen molar-refractivity contribution in [2.45, 2.75) is 18.9 Å². The lowest BCUT2D eigenvalue weighted by atomic mass is 10.1. The summed E-state index contributed by atoms with van der Waals surface area (Å²) < 4.78 is 0. The molecule has 1 aromatic heterocycles. The lowest BCUT2D eigenvalue weighted by Crippen LogP contribution is -2.15. The van der Waals surface area contributed by atoms with Gasteiger partial charge in [0, 0.05) is 25.3 Å². The van der Waals surface area contributed by atoms with Gasteiger partial charge in [-0.2, -0.15) is 0 Å². The highest BCUT2D eigenvalue weighted by Crippen LogP contribution is 2.36. The summed E-state index contributed by atoms with van der Waals surface area (Å²) in [6.07, 6.45) is 3.99. The summed E-state index contributed by atoms with van der Waals surface area (Å²) in [4.78, 5) is 6.46. The van der Waals surface area contributed by atoms with Crippen molar-refractivity contribution in [3.63, 3.8) is 0 Å². The summed E-state index contributed by atoms with van der Waals surface area (Å²) >= 11 is 6.06. The highest BCUT2D eigenvalue weighted by molar-refractivity contribution is 6.30. The maximum Gasteiger partial charge on any atom is 0.151 e. The van der Waals surface area contributed by atoms with Crippen LogP contribution in [0, 0.1) is 0 Å². The summed E-state index contributed by atoms with van der Waals surface area (Å²) in [5, 5.41) is 4.44. The van der Waals surface area contributed by atoms with Crippen molar-refractivity contribution in [1.82, 2.24) is 4.98 Å². The third-order valence-electron chi connectivity index (χ3n) is 3.72. The Bertz CT molecular complexity index is 625. The average molecular weight is 288 g/mol. The second-order valence-corrected chi connectivity index (χ2v) is 5.78. The first-order chi connectivity index (χ1) is 9.65. The van der Waals surface area contributed by atoms with E-state index >= 15 is 0 Å². The number of fused-ring (bicyclic) bond motifs is 1. The molecule has 0 aliphatic heterocycles. The summed E-state index contributed by atoms with van der Waals surface area (Å²) in [6, 6.07) is 10.6. The molecule has 0 saturated heterocycles. The number of aryl methyl sites for hydroxylation is 1. The standard InChI is InChI=1S/C16H18ClN3/c1-20(2)16-15(4-3-9-18-16)19-14-8-5-11-10-12(17)6-7-13(11)14/h3-4,6-7,9-10,14,19H,5,8H2,1-2H3. The maximum absolute atomic E-state index is 6.06. The van der Waals surface area contributed by atoms with Crippen LogP contribution in [-0.2, 0) is 6.42 Å². The first kappa shape index (κ1) is 13.3. The monoisotopic (exact) mass is 287 g/mol. The SMILES string of the molecule is CN(C)c1ncccc1NC1CCc2cc(Cl)ccc21. The van der Waals surface area contributed by atoms with Gasteiger partial charge in [-0.15, -0.1) is 0 Å². The Labute approximate surface area is 124 Å². The predicted octanol–water partition coefficient (Wildman–Crippen LogP) is 3.90. The Morgan fingerprint density at radius 3 is 2.95 bits per heavy atom. The lowest BCUT2D eigenvalue weighted by molar-refractivity contribution is 0.761. The van der Waals surface area contributed by atoms with Crippen molar-refractivity contribution >= 4 is 23.1 Å². The Morgan fingerprint density at radius 2 is 2.15 bits per heavy atom. The van der Waals surface area contributed by atoms with E-state index in [9.17, 15) is 0 Å². The minimum Gasteiger partial charge on any atom is -0.375 e. The number of rotatable bonds is 3. The molecule has 0 radical (unpaired) electrons. The molecule has 1 atom stereocenters. The number of aromatic nitrogens is 1. The van der Waals surface area contributed by atoms with Crippen LogP contribution in [0.2, 0.25) is 5.02 Å². The molecule has 0 amide bonds. The molecule has 2 aromatic rings. The van der Waals surface area contributed by atoms with Crippen molar-refractivity contribution in [3.05, 3.63) is 52.7 Å². The van der Waals surface area contributed by atoms with E-state index in [1.165, 1.54) is 11.1 Å². The van der Waals surface area contributed by atoms with Gasteiger partial charge in [0.05, 0.1) is 11.7 Å². The van der Waals surface area contributed by atoms with Gasteiger partial charge in [-0.1, -0.05) is 17.7 Å². The van der Waals surface area contributed by atoms with Crippen molar-refractivity contribution in [3.8, 4) is 0 Å². The van der Waals surface area contributed by atoms with E-state index in [1.807, 2.05) is 37.3 Å². The molecule has 0 spiro atoms. The fourth-order valence-electron chi connectivity index (χ4n) is 2.79. The van der Waals surface area contributed by atoms with E-state index in [2.05, 4.69) is 28.5 Å². The second-order valence-electron chi connectivity index (χ2n) is 5.35. The molecular weight excluding hydrogens is 270 g/mol. The summed E-state index contributed by atoms with van der Waals surface area (Å²) in [5.74, 6) is 0.968. The van der Waals surface area contributed by atoms with Crippen LogP contribution in [0.3, 0.4) is 0 Å². The molecule has 4 heteroatoms. The van der Waals surface area contributed by atoms with E-state index in [0.29, 0.717) is 6.04 Å². The van der Waals surface area contributed by atoms with Crippen LogP contribution in [0.5, 0.6) is 0 Å². The van der Waals surface area contributed by atoms with Gasteiger partial charge >= 0.3 is 0 Å². The van der Waals surface area contributed by atoms with E-state index < -0.39 is 0 Å². The van der Waals surface area contributed by atoms with Crippen LogP contribution in [-0.4, -0.2) is 19.1 Å². The Balaban J connectivity index is 1.88. The molecule has 1 heterocycles. The molecular formula is C16H18ClN3. The molecule has 1 aliphatic rings.